The average Bonchev–Trinajstić information content (AvgIpc) is 2.29. The molecule has 0 spiro atoms. The van der Waals surface area contributed by atoms with E-state index in [0.717, 1.165) is 10.0 Å². The number of halogens is 2. The summed E-state index contributed by atoms with van der Waals surface area (Å²) in [4.78, 5) is 15.9. The molecule has 0 aliphatic carbocycles. The highest BCUT2D eigenvalue weighted by molar-refractivity contribution is 14.1. The van der Waals surface area contributed by atoms with E-state index in [0.29, 0.717) is 15.8 Å². The van der Waals surface area contributed by atoms with Gasteiger partial charge < -0.3 is 5.73 Å². The van der Waals surface area contributed by atoms with E-state index in [1.54, 1.807) is 6.20 Å². The summed E-state index contributed by atoms with van der Waals surface area (Å²) in [5, 5.41) is 0. The Morgan fingerprint density at radius 2 is 2.24 bits per heavy atom. The molecule has 88 valence electrons. The van der Waals surface area contributed by atoms with Gasteiger partial charge in [0.2, 0.25) is 0 Å². The van der Waals surface area contributed by atoms with Crippen molar-refractivity contribution in [2.24, 2.45) is 0 Å². The van der Waals surface area contributed by atoms with Gasteiger partial charge >= 0.3 is 0 Å². The molecule has 1 heterocycles. The van der Waals surface area contributed by atoms with Crippen molar-refractivity contribution in [3.05, 3.63) is 54.7 Å². The normalized spacial score (nSPS) is 10.5. The molecule has 0 saturated carbocycles. The molecule has 0 unspecified atom stereocenters. The number of aromatic nitrogens is 2. The Bertz CT molecular complexity index is 592. The summed E-state index contributed by atoms with van der Waals surface area (Å²) in [5.74, 6) is 0. The minimum Gasteiger partial charge on any atom is -0.398 e. The van der Waals surface area contributed by atoms with Crippen molar-refractivity contribution in [1.29, 1.82) is 0 Å². The first kappa shape index (κ1) is 12.6. The Morgan fingerprint density at radius 3 is 2.94 bits per heavy atom. The minimum atomic E-state index is -0.0595. The Hall–Kier alpha value is -0.890. The second-order valence-corrected chi connectivity index (χ2v) is 5.50. The first-order valence-electron chi connectivity index (χ1n) is 4.82. The van der Waals surface area contributed by atoms with Gasteiger partial charge in [-0.15, -0.1) is 0 Å². The maximum atomic E-state index is 11.9. The van der Waals surface area contributed by atoms with Crippen LogP contribution in [0, 0.1) is 3.57 Å². The predicted octanol–water partition coefficient (Wildman–Crippen LogP) is 2.24. The summed E-state index contributed by atoms with van der Waals surface area (Å²) >= 11 is 5.40. The fourth-order valence-electron chi connectivity index (χ4n) is 1.45. The van der Waals surface area contributed by atoms with E-state index < -0.39 is 0 Å². The third-order valence-corrected chi connectivity index (χ3v) is 3.83. The van der Waals surface area contributed by atoms with Gasteiger partial charge in [0, 0.05) is 21.9 Å². The van der Waals surface area contributed by atoms with Crippen LogP contribution in [0.15, 0.2) is 40.0 Å². The van der Waals surface area contributed by atoms with Crippen LogP contribution < -0.4 is 11.3 Å². The fourth-order valence-corrected chi connectivity index (χ4v) is 2.43. The molecular weight excluding hydrogens is 397 g/mol. The average molecular weight is 406 g/mol. The molecule has 0 saturated heterocycles. The molecule has 0 fully saturated rings. The smallest absolute Gasteiger partial charge is 0.267 e. The molecule has 17 heavy (non-hydrogen) atoms. The van der Waals surface area contributed by atoms with Gasteiger partial charge in [-0.1, -0.05) is 22.0 Å². The predicted molar refractivity (Wildman–Crippen MR) is 78.9 cm³/mol. The van der Waals surface area contributed by atoms with Crippen molar-refractivity contribution in [3.8, 4) is 0 Å². The molecule has 0 bridgehead atoms. The zero-order chi connectivity index (χ0) is 12.4. The molecule has 1 aromatic heterocycles. The maximum Gasteiger partial charge on any atom is 0.267 e. The highest BCUT2D eigenvalue weighted by atomic mass is 127. The first-order valence-corrected chi connectivity index (χ1v) is 6.69. The van der Waals surface area contributed by atoms with Gasteiger partial charge in [-0.25, -0.2) is 4.98 Å². The van der Waals surface area contributed by atoms with Crippen molar-refractivity contribution in [2.45, 2.75) is 6.54 Å². The van der Waals surface area contributed by atoms with E-state index in [1.165, 1.54) is 10.9 Å². The van der Waals surface area contributed by atoms with Gasteiger partial charge in [0.1, 0.15) is 0 Å². The molecule has 0 aliphatic rings. The SMILES string of the molecule is Nc1cccc(Br)c1Cn1cncc(I)c1=O. The molecule has 0 radical (unpaired) electrons. The van der Waals surface area contributed by atoms with Gasteiger partial charge in [-0.3, -0.25) is 9.36 Å². The molecule has 0 atom stereocenters. The topological polar surface area (TPSA) is 60.9 Å². The molecule has 1 aromatic carbocycles. The number of hydrogen-bond donors (Lipinski definition) is 1. The first-order chi connectivity index (χ1) is 8.09. The van der Waals surface area contributed by atoms with Crippen LogP contribution in [0.5, 0.6) is 0 Å². The summed E-state index contributed by atoms with van der Waals surface area (Å²) < 4.78 is 3.03. The zero-order valence-corrected chi connectivity index (χ0v) is 12.5. The monoisotopic (exact) mass is 405 g/mol. The van der Waals surface area contributed by atoms with E-state index >= 15 is 0 Å². The summed E-state index contributed by atoms with van der Waals surface area (Å²) in [5.41, 5.74) is 7.38. The van der Waals surface area contributed by atoms with E-state index in [1.807, 2.05) is 40.8 Å². The van der Waals surface area contributed by atoms with Crippen molar-refractivity contribution >= 4 is 44.2 Å². The number of nitrogens with zero attached hydrogens (tertiary/aromatic N) is 2. The summed E-state index contributed by atoms with van der Waals surface area (Å²) in [6, 6.07) is 5.57. The van der Waals surface area contributed by atoms with Crippen LogP contribution in [0.25, 0.3) is 0 Å². The molecule has 2 rings (SSSR count). The number of rotatable bonds is 2. The lowest BCUT2D eigenvalue weighted by molar-refractivity contribution is 0.729. The largest absolute Gasteiger partial charge is 0.398 e. The third-order valence-electron chi connectivity index (χ3n) is 2.34. The second-order valence-electron chi connectivity index (χ2n) is 3.48. The van der Waals surface area contributed by atoms with Crippen LogP contribution in [-0.4, -0.2) is 9.55 Å². The minimum absolute atomic E-state index is 0.0595. The number of nitrogens with two attached hydrogens (primary N) is 1. The Labute approximate surface area is 120 Å². The second kappa shape index (κ2) is 5.18. The van der Waals surface area contributed by atoms with Crippen molar-refractivity contribution in [3.63, 3.8) is 0 Å². The van der Waals surface area contributed by atoms with Gasteiger partial charge in [-0.2, -0.15) is 0 Å². The number of nitrogen functional groups attached to an aromatic ring is 1. The third kappa shape index (κ3) is 2.68. The van der Waals surface area contributed by atoms with Gasteiger partial charge in [0.25, 0.3) is 5.56 Å². The quantitative estimate of drug-likeness (QED) is 0.615. The molecule has 0 aliphatic heterocycles. The number of anilines is 1. The summed E-state index contributed by atoms with van der Waals surface area (Å²) in [6.07, 6.45) is 3.06. The van der Waals surface area contributed by atoms with Crippen LogP contribution in [0.4, 0.5) is 5.69 Å². The molecule has 6 heteroatoms. The van der Waals surface area contributed by atoms with Crippen LogP contribution in [-0.2, 0) is 6.54 Å². The Kier molecular flexibility index (Phi) is 3.82. The van der Waals surface area contributed by atoms with E-state index in [4.69, 9.17) is 5.73 Å². The highest BCUT2D eigenvalue weighted by Gasteiger charge is 2.07. The van der Waals surface area contributed by atoms with E-state index in [2.05, 4.69) is 20.9 Å². The highest BCUT2D eigenvalue weighted by Crippen LogP contribution is 2.22. The standard InChI is InChI=1S/C11H9BrIN3O/c12-8-2-1-3-10(14)7(8)5-16-6-15-4-9(13)11(16)17/h1-4,6H,5,14H2. The van der Waals surface area contributed by atoms with Crippen molar-refractivity contribution in [1.82, 2.24) is 9.55 Å². The van der Waals surface area contributed by atoms with E-state index in [9.17, 15) is 4.79 Å². The van der Waals surface area contributed by atoms with Crippen LogP contribution in [0.3, 0.4) is 0 Å². The Morgan fingerprint density at radius 1 is 1.47 bits per heavy atom. The molecule has 0 amide bonds. The zero-order valence-electron chi connectivity index (χ0n) is 8.73. The molecule has 2 aromatic rings. The van der Waals surface area contributed by atoms with Gasteiger partial charge in [0.15, 0.2) is 0 Å². The molecule has 2 N–H and O–H groups in total. The Balaban J connectivity index is 2.45. The number of benzene rings is 1. The number of hydrogen-bond acceptors (Lipinski definition) is 3. The summed E-state index contributed by atoms with van der Waals surface area (Å²) in [7, 11) is 0. The van der Waals surface area contributed by atoms with Gasteiger partial charge in [-0.05, 0) is 34.7 Å². The maximum absolute atomic E-state index is 11.9. The van der Waals surface area contributed by atoms with Crippen LogP contribution >= 0.6 is 38.5 Å². The van der Waals surface area contributed by atoms with Crippen molar-refractivity contribution in [2.75, 3.05) is 5.73 Å². The lowest BCUT2D eigenvalue weighted by Gasteiger charge is -2.10. The molecule has 4 nitrogen and oxygen atoms in total. The van der Waals surface area contributed by atoms with Gasteiger partial charge in [0.05, 0.1) is 16.4 Å². The van der Waals surface area contributed by atoms with Crippen LogP contribution in [0.1, 0.15) is 5.56 Å². The fraction of sp³-hybridized carbons (Fsp3) is 0.0909. The van der Waals surface area contributed by atoms with Crippen LogP contribution in [0.2, 0.25) is 0 Å². The lowest BCUT2D eigenvalue weighted by Crippen LogP contribution is -2.23. The van der Waals surface area contributed by atoms with Crippen molar-refractivity contribution < 1.29 is 0 Å². The molecular formula is C11H9BrIN3O. The summed E-state index contributed by atoms with van der Waals surface area (Å²) in [6.45, 7) is 0.413. The lowest BCUT2D eigenvalue weighted by atomic mass is 10.2. The van der Waals surface area contributed by atoms with E-state index in [-0.39, 0.29) is 5.56 Å².